The van der Waals surface area contributed by atoms with Gasteiger partial charge < -0.3 is 24.6 Å². The van der Waals surface area contributed by atoms with Crippen LogP contribution < -0.4 is 14.8 Å². The third-order valence-corrected chi connectivity index (χ3v) is 3.03. The van der Waals surface area contributed by atoms with E-state index in [4.69, 9.17) is 24.6 Å². The maximum absolute atomic E-state index is 12.0. The molecule has 134 valence electrons. The van der Waals surface area contributed by atoms with E-state index in [2.05, 4.69) is 5.32 Å². The van der Waals surface area contributed by atoms with E-state index in [9.17, 15) is 9.59 Å². The van der Waals surface area contributed by atoms with E-state index >= 15 is 0 Å². The summed E-state index contributed by atoms with van der Waals surface area (Å²) >= 11 is 0. The molecule has 1 aromatic rings. The molecule has 8 nitrogen and oxygen atoms in total. The SMILES string of the molecule is COCCCNC(=O)/C(C#N)=C/c1ccc(OCC(=O)O)c(OC)c1. The van der Waals surface area contributed by atoms with Crippen LogP contribution >= 0.6 is 0 Å². The molecule has 1 aromatic carbocycles. The Morgan fingerprint density at radius 2 is 2.08 bits per heavy atom. The lowest BCUT2D eigenvalue weighted by Gasteiger charge is -2.10. The van der Waals surface area contributed by atoms with Gasteiger partial charge in [0.25, 0.3) is 5.91 Å². The minimum atomic E-state index is -1.11. The van der Waals surface area contributed by atoms with Crippen LogP contribution in [0.15, 0.2) is 23.8 Å². The molecule has 0 saturated heterocycles. The zero-order chi connectivity index (χ0) is 18.7. The summed E-state index contributed by atoms with van der Waals surface area (Å²) in [5, 5.41) is 20.4. The molecule has 0 spiro atoms. The average molecular weight is 348 g/mol. The van der Waals surface area contributed by atoms with Gasteiger partial charge in [-0.15, -0.1) is 0 Å². The largest absolute Gasteiger partial charge is 0.493 e. The normalized spacial score (nSPS) is 10.7. The Labute approximate surface area is 145 Å². The summed E-state index contributed by atoms with van der Waals surface area (Å²) in [6.45, 7) is 0.413. The Kier molecular flexibility index (Phi) is 8.54. The number of hydrogen-bond donors (Lipinski definition) is 2. The Morgan fingerprint density at radius 1 is 1.32 bits per heavy atom. The monoisotopic (exact) mass is 348 g/mol. The van der Waals surface area contributed by atoms with Gasteiger partial charge in [-0.2, -0.15) is 5.26 Å². The molecule has 0 radical (unpaired) electrons. The van der Waals surface area contributed by atoms with Gasteiger partial charge in [0.05, 0.1) is 7.11 Å². The van der Waals surface area contributed by atoms with E-state index < -0.39 is 18.5 Å². The van der Waals surface area contributed by atoms with E-state index in [0.717, 1.165) is 0 Å². The van der Waals surface area contributed by atoms with E-state index in [1.54, 1.807) is 19.2 Å². The molecule has 0 heterocycles. The molecule has 0 aliphatic heterocycles. The van der Waals surface area contributed by atoms with Gasteiger partial charge >= 0.3 is 5.97 Å². The number of hydrogen-bond acceptors (Lipinski definition) is 6. The average Bonchev–Trinajstić information content (AvgIpc) is 2.61. The summed E-state index contributed by atoms with van der Waals surface area (Å²) in [6, 6.07) is 6.51. The maximum atomic E-state index is 12.0. The fourth-order valence-corrected chi connectivity index (χ4v) is 1.86. The quantitative estimate of drug-likeness (QED) is 0.371. The fourth-order valence-electron chi connectivity index (χ4n) is 1.86. The van der Waals surface area contributed by atoms with Crippen molar-refractivity contribution in [2.45, 2.75) is 6.42 Å². The molecule has 1 amide bonds. The number of carbonyl (C=O) groups excluding carboxylic acids is 1. The second-order valence-corrected chi connectivity index (χ2v) is 4.86. The van der Waals surface area contributed by atoms with Crippen LogP contribution in [0, 0.1) is 11.3 Å². The highest BCUT2D eigenvalue weighted by molar-refractivity contribution is 6.01. The van der Waals surface area contributed by atoms with Crippen molar-refractivity contribution in [3.63, 3.8) is 0 Å². The molecule has 0 saturated carbocycles. The van der Waals surface area contributed by atoms with Crippen molar-refractivity contribution < 1.29 is 28.9 Å². The summed E-state index contributed by atoms with van der Waals surface area (Å²) < 4.78 is 15.1. The number of methoxy groups -OCH3 is 2. The highest BCUT2D eigenvalue weighted by atomic mass is 16.5. The summed E-state index contributed by atoms with van der Waals surface area (Å²) in [7, 11) is 2.98. The van der Waals surface area contributed by atoms with E-state index in [0.29, 0.717) is 30.9 Å². The van der Waals surface area contributed by atoms with Gasteiger partial charge in [0.15, 0.2) is 18.1 Å². The van der Waals surface area contributed by atoms with Crippen LogP contribution in [-0.4, -0.2) is 51.0 Å². The van der Waals surface area contributed by atoms with Crippen LogP contribution in [0.25, 0.3) is 6.08 Å². The number of rotatable bonds is 10. The molecule has 0 aromatic heterocycles. The molecule has 0 unspecified atom stereocenters. The van der Waals surface area contributed by atoms with E-state index in [1.807, 2.05) is 6.07 Å². The molecular weight excluding hydrogens is 328 g/mol. The predicted molar refractivity (Wildman–Crippen MR) is 89.2 cm³/mol. The minimum Gasteiger partial charge on any atom is -0.493 e. The van der Waals surface area contributed by atoms with Crippen LogP contribution in [0.3, 0.4) is 0 Å². The molecule has 0 aliphatic carbocycles. The number of carboxylic acids is 1. The second-order valence-electron chi connectivity index (χ2n) is 4.86. The summed E-state index contributed by atoms with van der Waals surface area (Å²) in [6.07, 6.45) is 2.06. The van der Waals surface area contributed by atoms with E-state index in [-0.39, 0.29) is 11.3 Å². The smallest absolute Gasteiger partial charge is 0.341 e. The molecule has 25 heavy (non-hydrogen) atoms. The lowest BCUT2D eigenvalue weighted by molar-refractivity contribution is -0.139. The number of amides is 1. The third kappa shape index (κ3) is 6.93. The number of carboxylic acid groups (broad SMARTS) is 1. The van der Waals surface area contributed by atoms with E-state index in [1.165, 1.54) is 19.3 Å². The van der Waals surface area contributed by atoms with Crippen molar-refractivity contribution in [1.82, 2.24) is 5.32 Å². The van der Waals surface area contributed by atoms with Gasteiger partial charge in [0.2, 0.25) is 0 Å². The molecule has 0 bridgehead atoms. The van der Waals surface area contributed by atoms with Gasteiger partial charge in [0.1, 0.15) is 11.6 Å². The molecule has 0 fully saturated rings. The van der Waals surface area contributed by atoms with Crippen LogP contribution in [0.5, 0.6) is 11.5 Å². The van der Waals surface area contributed by atoms with Crippen LogP contribution in [0.4, 0.5) is 0 Å². The topological polar surface area (TPSA) is 118 Å². The maximum Gasteiger partial charge on any atom is 0.341 e. The summed E-state index contributed by atoms with van der Waals surface area (Å²) in [4.78, 5) is 22.5. The van der Waals surface area contributed by atoms with Crippen molar-refractivity contribution in [2.24, 2.45) is 0 Å². The van der Waals surface area contributed by atoms with Crippen molar-refractivity contribution in [2.75, 3.05) is 34.0 Å². The molecule has 2 N–H and O–H groups in total. The molecule has 0 aliphatic rings. The first-order chi connectivity index (χ1) is 12.0. The number of nitrogens with one attached hydrogen (secondary N) is 1. The van der Waals surface area contributed by atoms with Gasteiger partial charge in [-0.25, -0.2) is 4.79 Å². The first-order valence-corrected chi connectivity index (χ1v) is 7.43. The number of nitriles is 1. The molecule has 0 atom stereocenters. The van der Waals surface area contributed by atoms with Crippen molar-refractivity contribution in [3.8, 4) is 17.6 Å². The van der Waals surface area contributed by atoms with Gasteiger partial charge in [0, 0.05) is 20.3 Å². The number of carbonyl (C=O) groups is 2. The molecular formula is C17H20N2O6. The lowest BCUT2D eigenvalue weighted by Crippen LogP contribution is -2.26. The van der Waals surface area contributed by atoms with Crippen LogP contribution in [0.2, 0.25) is 0 Å². The highest BCUT2D eigenvalue weighted by Gasteiger charge is 2.11. The van der Waals surface area contributed by atoms with Crippen molar-refractivity contribution in [1.29, 1.82) is 5.26 Å². The van der Waals surface area contributed by atoms with Crippen molar-refractivity contribution in [3.05, 3.63) is 29.3 Å². The summed E-state index contributed by atoms with van der Waals surface area (Å²) in [5.41, 5.74) is 0.488. The first-order valence-electron chi connectivity index (χ1n) is 7.43. The standard InChI is InChI=1S/C17H20N2O6/c1-23-7-3-6-19-17(22)13(10-18)8-12-4-5-14(15(9-12)24-2)25-11-16(20)21/h4-5,8-9H,3,6-7,11H2,1-2H3,(H,19,22)(H,20,21)/b13-8+. The van der Waals surface area contributed by atoms with Crippen LogP contribution in [0.1, 0.15) is 12.0 Å². The van der Waals surface area contributed by atoms with Gasteiger partial charge in [-0.1, -0.05) is 6.07 Å². The number of ether oxygens (including phenoxy) is 3. The zero-order valence-electron chi connectivity index (χ0n) is 14.1. The van der Waals surface area contributed by atoms with Gasteiger partial charge in [-0.3, -0.25) is 4.79 Å². The minimum absolute atomic E-state index is 0.0568. The Bertz CT molecular complexity index is 678. The number of benzene rings is 1. The zero-order valence-corrected chi connectivity index (χ0v) is 14.1. The Balaban J connectivity index is 2.86. The molecule has 8 heteroatoms. The van der Waals surface area contributed by atoms with Crippen LogP contribution in [-0.2, 0) is 14.3 Å². The lowest BCUT2D eigenvalue weighted by atomic mass is 10.1. The highest BCUT2D eigenvalue weighted by Crippen LogP contribution is 2.28. The predicted octanol–water partition coefficient (Wildman–Crippen LogP) is 1.22. The third-order valence-electron chi connectivity index (χ3n) is 3.03. The Morgan fingerprint density at radius 3 is 2.68 bits per heavy atom. The first kappa shape index (κ1) is 20.0. The number of aliphatic carboxylic acids is 1. The number of nitrogens with zero attached hydrogens (tertiary/aromatic N) is 1. The van der Waals surface area contributed by atoms with Crippen molar-refractivity contribution >= 4 is 18.0 Å². The Hall–Kier alpha value is -3.05. The second kappa shape index (κ2) is 10.7. The summed E-state index contributed by atoms with van der Waals surface area (Å²) in [5.74, 6) is -1.04. The van der Waals surface area contributed by atoms with Gasteiger partial charge in [-0.05, 0) is 30.2 Å². The molecule has 1 rings (SSSR count). The fraction of sp³-hybridized carbons (Fsp3) is 0.353.